The average Bonchev–Trinajstić information content (AvgIpc) is 2.43. The van der Waals surface area contributed by atoms with E-state index in [1.165, 1.54) is 15.3 Å². The van der Waals surface area contributed by atoms with Gasteiger partial charge in [0, 0.05) is 28.5 Å². The zero-order valence-electron chi connectivity index (χ0n) is 8.79. The molecule has 3 nitrogen and oxygen atoms in total. The number of piperidine rings is 1. The molecule has 2 rings (SSSR count). The molecule has 0 saturated carbocycles. The van der Waals surface area contributed by atoms with Crippen molar-refractivity contribution in [2.45, 2.75) is 32.6 Å². The van der Waals surface area contributed by atoms with E-state index >= 15 is 0 Å². The third-order valence-corrected chi connectivity index (χ3v) is 3.64. The number of thiophene rings is 1. The molecule has 4 heteroatoms. The third kappa shape index (κ3) is 2.09. The quantitative estimate of drug-likeness (QED) is 0.739. The largest absolute Gasteiger partial charge is 0.296 e. The summed E-state index contributed by atoms with van der Waals surface area (Å²) >= 11 is 1.72. The maximum absolute atomic E-state index is 11.2. The lowest BCUT2D eigenvalue weighted by Crippen LogP contribution is -2.37. The average molecular weight is 223 g/mol. The first-order chi connectivity index (χ1) is 7.06. The number of carbonyl (C=O) groups excluding carboxylic acids is 2. The summed E-state index contributed by atoms with van der Waals surface area (Å²) in [5.41, 5.74) is 1.17. The van der Waals surface area contributed by atoms with Crippen LogP contribution in [-0.4, -0.2) is 11.8 Å². The van der Waals surface area contributed by atoms with Gasteiger partial charge in [0.05, 0.1) is 0 Å². The van der Waals surface area contributed by atoms with E-state index in [-0.39, 0.29) is 17.7 Å². The van der Waals surface area contributed by atoms with Crippen LogP contribution in [0.5, 0.6) is 0 Å². The van der Waals surface area contributed by atoms with Gasteiger partial charge in [-0.1, -0.05) is 0 Å². The predicted octanol–water partition coefficient (Wildman–Crippen LogP) is 1.89. The normalized spacial score (nSPS) is 18.0. The van der Waals surface area contributed by atoms with Crippen LogP contribution in [0.4, 0.5) is 0 Å². The molecule has 0 unspecified atom stereocenters. The van der Waals surface area contributed by atoms with Crippen molar-refractivity contribution in [3.63, 3.8) is 0 Å². The van der Waals surface area contributed by atoms with Gasteiger partial charge >= 0.3 is 0 Å². The number of nitrogens with one attached hydrogen (secondary N) is 1. The van der Waals surface area contributed by atoms with E-state index in [1.54, 1.807) is 11.3 Å². The minimum atomic E-state index is -0.153. The third-order valence-electron chi connectivity index (χ3n) is 2.66. The van der Waals surface area contributed by atoms with Crippen LogP contribution in [0.2, 0.25) is 0 Å². The van der Waals surface area contributed by atoms with Crippen LogP contribution >= 0.6 is 11.3 Å². The van der Waals surface area contributed by atoms with Crippen LogP contribution in [0.25, 0.3) is 0 Å². The van der Waals surface area contributed by atoms with Crippen LogP contribution in [0.1, 0.15) is 34.1 Å². The zero-order chi connectivity index (χ0) is 11.0. The number of amides is 2. The first-order valence-corrected chi connectivity index (χ1v) is 5.77. The summed E-state index contributed by atoms with van der Waals surface area (Å²) in [6.07, 6.45) is 0.867. The molecule has 15 heavy (non-hydrogen) atoms. The van der Waals surface area contributed by atoms with Gasteiger partial charge in [0.25, 0.3) is 0 Å². The minimum Gasteiger partial charge on any atom is -0.296 e. The Morgan fingerprint density at radius 3 is 2.33 bits per heavy atom. The zero-order valence-corrected chi connectivity index (χ0v) is 9.61. The minimum absolute atomic E-state index is 0.0798. The lowest BCUT2D eigenvalue weighted by Gasteiger charge is -2.20. The summed E-state index contributed by atoms with van der Waals surface area (Å²) in [6, 6.07) is 2.09. The number of aryl methyl sites for hydroxylation is 2. The molecule has 80 valence electrons. The highest BCUT2D eigenvalue weighted by atomic mass is 32.1. The summed E-state index contributed by atoms with van der Waals surface area (Å²) in [7, 11) is 0. The Balaban J connectivity index is 2.27. The van der Waals surface area contributed by atoms with Gasteiger partial charge in [-0.05, 0) is 25.5 Å². The molecule has 1 aromatic rings. The van der Waals surface area contributed by atoms with Crippen molar-refractivity contribution in [2.75, 3.05) is 0 Å². The summed E-state index contributed by atoms with van der Waals surface area (Å²) < 4.78 is 0. The van der Waals surface area contributed by atoms with Crippen LogP contribution in [-0.2, 0) is 9.59 Å². The van der Waals surface area contributed by atoms with E-state index in [2.05, 4.69) is 11.4 Å². The van der Waals surface area contributed by atoms with Gasteiger partial charge in [-0.2, -0.15) is 0 Å². The van der Waals surface area contributed by atoms with Crippen LogP contribution in [0.15, 0.2) is 6.07 Å². The molecular formula is C11H13NO2S. The predicted molar refractivity (Wildman–Crippen MR) is 58.9 cm³/mol. The van der Waals surface area contributed by atoms with E-state index in [0.717, 1.165) is 0 Å². The molecule has 0 radical (unpaired) electrons. The van der Waals surface area contributed by atoms with Gasteiger partial charge < -0.3 is 0 Å². The second-order valence-corrected chi connectivity index (χ2v) is 5.41. The molecule has 1 N–H and O–H groups in total. The van der Waals surface area contributed by atoms with Crippen molar-refractivity contribution in [3.05, 3.63) is 21.4 Å². The fourth-order valence-corrected chi connectivity index (χ4v) is 3.07. The molecule has 1 aliphatic rings. The van der Waals surface area contributed by atoms with E-state index in [4.69, 9.17) is 0 Å². The Morgan fingerprint density at radius 2 is 1.87 bits per heavy atom. The maximum Gasteiger partial charge on any atom is 0.227 e. The lowest BCUT2D eigenvalue weighted by molar-refractivity contribution is -0.133. The monoisotopic (exact) mass is 223 g/mol. The van der Waals surface area contributed by atoms with Crippen LogP contribution in [0.3, 0.4) is 0 Å². The Kier molecular flexibility index (Phi) is 2.61. The molecule has 1 aromatic heterocycles. The van der Waals surface area contributed by atoms with Gasteiger partial charge in [-0.3, -0.25) is 14.9 Å². The Bertz CT molecular complexity index is 406. The molecule has 2 amide bonds. The summed E-state index contributed by atoms with van der Waals surface area (Å²) in [6.45, 7) is 4.09. The lowest BCUT2D eigenvalue weighted by atomic mass is 9.90. The van der Waals surface area contributed by atoms with Gasteiger partial charge in [-0.25, -0.2) is 0 Å². The summed E-state index contributed by atoms with van der Waals surface area (Å²) in [5, 5.41) is 2.33. The fraction of sp³-hybridized carbons (Fsp3) is 0.455. The number of imide groups is 1. The second-order valence-electron chi connectivity index (χ2n) is 3.95. The number of hydrogen-bond donors (Lipinski definition) is 1. The van der Waals surface area contributed by atoms with Crippen molar-refractivity contribution in [3.8, 4) is 0 Å². The molecule has 1 fully saturated rings. The number of hydrogen-bond acceptors (Lipinski definition) is 3. The molecule has 0 atom stereocenters. The number of rotatable bonds is 1. The molecule has 1 aliphatic heterocycles. The van der Waals surface area contributed by atoms with E-state index in [9.17, 15) is 9.59 Å². The van der Waals surface area contributed by atoms with Gasteiger partial charge in [0.15, 0.2) is 0 Å². The topological polar surface area (TPSA) is 46.2 Å². The summed E-state index contributed by atoms with van der Waals surface area (Å²) in [5.74, 6) is -0.227. The highest BCUT2D eigenvalue weighted by Crippen LogP contribution is 2.33. The standard InChI is InChI=1S/C11H13NO2S/c1-6-3-9(7(2)15-6)8-4-10(13)12-11(14)5-8/h3,8H,4-5H2,1-2H3,(H,12,13,14). The van der Waals surface area contributed by atoms with Crippen molar-refractivity contribution in [1.82, 2.24) is 5.32 Å². The first kappa shape index (κ1) is 10.4. The van der Waals surface area contributed by atoms with Crippen molar-refractivity contribution < 1.29 is 9.59 Å². The van der Waals surface area contributed by atoms with E-state index in [0.29, 0.717) is 12.8 Å². The molecular weight excluding hydrogens is 210 g/mol. The van der Waals surface area contributed by atoms with E-state index in [1.807, 2.05) is 13.8 Å². The molecule has 2 heterocycles. The van der Waals surface area contributed by atoms with Gasteiger partial charge in [0.1, 0.15) is 0 Å². The molecule has 0 spiro atoms. The van der Waals surface area contributed by atoms with Crippen molar-refractivity contribution in [1.29, 1.82) is 0 Å². The first-order valence-electron chi connectivity index (χ1n) is 4.96. The molecule has 0 bridgehead atoms. The number of carbonyl (C=O) groups is 2. The smallest absolute Gasteiger partial charge is 0.227 e. The Labute approximate surface area is 92.5 Å². The molecule has 0 aromatic carbocycles. The van der Waals surface area contributed by atoms with Gasteiger partial charge in [-0.15, -0.1) is 11.3 Å². The highest BCUT2D eigenvalue weighted by Gasteiger charge is 2.27. The fourth-order valence-electron chi connectivity index (χ4n) is 2.05. The Morgan fingerprint density at radius 1 is 1.27 bits per heavy atom. The van der Waals surface area contributed by atoms with Crippen LogP contribution < -0.4 is 5.32 Å². The second kappa shape index (κ2) is 3.77. The van der Waals surface area contributed by atoms with E-state index < -0.39 is 0 Å². The van der Waals surface area contributed by atoms with Crippen LogP contribution in [0, 0.1) is 13.8 Å². The SMILES string of the molecule is Cc1cc(C2CC(=O)NC(=O)C2)c(C)s1. The maximum atomic E-state index is 11.2. The Hall–Kier alpha value is -1.16. The highest BCUT2D eigenvalue weighted by molar-refractivity contribution is 7.12. The van der Waals surface area contributed by atoms with Crippen molar-refractivity contribution >= 4 is 23.2 Å². The van der Waals surface area contributed by atoms with Gasteiger partial charge in [0.2, 0.25) is 11.8 Å². The molecule has 0 aliphatic carbocycles. The summed E-state index contributed by atoms with van der Waals surface area (Å²) in [4.78, 5) is 25.0. The molecule has 1 saturated heterocycles. The van der Waals surface area contributed by atoms with Crippen molar-refractivity contribution in [2.24, 2.45) is 0 Å².